The first-order chi connectivity index (χ1) is 11.4. The van der Waals surface area contributed by atoms with Crippen LogP contribution >= 0.6 is 0 Å². The van der Waals surface area contributed by atoms with Gasteiger partial charge in [-0.1, -0.05) is 0 Å². The summed E-state index contributed by atoms with van der Waals surface area (Å²) >= 11 is 0. The molecular formula is C17H20N2O5. The average molecular weight is 332 g/mol. The maximum absolute atomic E-state index is 12.7. The second-order valence-corrected chi connectivity index (χ2v) is 5.51. The number of allylic oxidation sites excluding steroid dienone is 2. The van der Waals surface area contributed by atoms with Crippen molar-refractivity contribution in [1.29, 1.82) is 0 Å². The van der Waals surface area contributed by atoms with Gasteiger partial charge < -0.3 is 15.2 Å². The van der Waals surface area contributed by atoms with Crippen molar-refractivity contribution in [1.82, 2.24) is 10.3 Å². The quantitative estimate of drug-likeness (QED) is 0.594. The zero-order chi connectivity index (χ0) is 17.9. The molecule has 0 radical (unpaired) electrons. The summed E-state index contributed by atoms with van der Waals surface area (Å²) in [5.41, 5.74) is 1.15. The van der Waals surface area contributed by atoms with Gasteiger partial charge in [0, 0.05) is 24.9 Å². The number of carbonyl (C=O) groups excluding carboxylic acids is 3. The van der Waals surface area contributed by atoms with E-state index in [2.05, 4.69) is 10.3 Å². The van der Waals surface area contributed by atoms with Gasteiger partial charge in [0.25, 0.3) is 0 Å². The van der Waals surface area contributed by atoms with Gasteiger partial charge in [0.2, 0.25) is 5.78 Å². The Morgan fingerprint density at radius 2 is 1.92 bits per heavy atom. The predicted octanol–water partition coefficient (Wildman–Crippen LogP) is 1.11. The fourth-order valence-electron chi connectivity index (χ4n) is 2.72. The minimum atomic E-state index is -0.690. The molecule has 0 aliphatic heterocycles. The molecular weight excluding hydrogens is 312 g/mol. The molecule has 1 aromatic heterocycles. The van der Waals surface area contributed by atoms with Gasteiger partial charge in [0.15, 0.2) is 5.78 Å². The molecule has 7 heteroatoms. The van der Waals surface area contributed by atoms with E-state index in [0.29, 0.717) is 30.8 Å². The standard InChI is InChI=1S/C17H20N2O5/c1-9-13-15(14(10(2)19-9)17(23)24-3)12(21)8-11(16(13)22)18-6-4-5-7-20/h8,18,20H,4-7H2,1-3H3. The van der Waals surface area contributed by atoms with Gasteiger partial charge in [-0.25, -0.2) is 4.79 Å². The lowest BCUT2D eigenvalue weighted by atomic mass is 9.87. The molecule has 1 heterocycles. The molecule has 0 saturated heterocycles. The summed E-state index contributed by atoms with van der Waals surface area (Å²) in [6.45, 7) is 3.76. The first-order valence-corrected chi connectivity index (χ1v) is 7.67. The Labute approximate surface area is 139 Å². The fraction of sp³-hybridized carbons (Fsp3) is 0.412. The number of aryl methyl sites for hydroxylation is 2. The summed E-state index contributed by atoms with van der Waals surface area (Å²) in [6.07, 6.45) is 2.47. The predicted molar refractivity (Wildman–Crippen MR) is 86.1 cm³/mol. The molecule has 7 nitrogen and oxygen atoms in total. The van der Waals surface area contributed by atoms with Crippen LogP contribution in [0.15, 0.2) is 11.8 Å². The number of aromatic nitrogens is 1. The molecule has 0 bridgehead atoms. The van der Waals surface area contributed by atoms with Crippen LogP contribution in [0.2, 0.25) is 0 Å². The van der Waals surface area contributed by atoms with Crippen LogP contribution in [0.1, 0.15) is 55.3 Å². The molecule has 0 fully saturated rings. The van der Waals surface area contributed by atoms with Crippen molar-refractivity contribution in [3.05, 3.63) is 39.9 Å². The molecule has 0 saturated carbocycles. The van der Waals surface area contributed by atoms with E-state index in [9.17, 15) is 14.4 Å². The van der Waals surface area contributed by atoms with E-state index in [1.165, 1.54) is 13.2 Å². The number of hydrogen-bond donors (Lipinski definition) is 2. The molecule has 1 aliphatic rings. The lowest BCUT2D eigenvalue weighted by Crippen LogP contribution is -2.30. The summed E-state index contributed by atoms with van der Waals surface area (Å²) in [5.74, 6) is -1.49. The number of aliphatic hydroxyl groups excluding tert-OH is 1. The van der Waals surface area contributed by atoms with Gasteiger partial charge in [-0.3, -0.25) is 14.6 Å². The highest BCUT2D eigenvalue weighted by Gasteiger charge is 2.33. The maximum Gasteiger partial charge on any atom is 0.340 e. The lowest BCUT2D eigenvalue weighted by Gasteiger charge is -2.21. The number of pyridine rings is 1. The second-order valence-electron chi connectivity index (χ2n) is 5.51. The molecule has 2 rings (SSSR count). The number of nitrogens with zero attached hydrogens (tertiary/aromatic N) is 1. The number of aliphatic hydroxyl groups is 1. The molecule has 0 aromatic carbocycles. The number of fused-ring (bicyclic) bond motifs is 1. The average Bonchev–Trinajstić information content (AvgIpc) is 2.54. The van der Waals surface area contributed by atoms with E-state index in [1.807, 2.05) is 0 Å². The van der Waals surface area contributed by atoms with Crippen LogP contribution in [0.25, 0.3) is 0 Å². The Hall–Kier alpha value is -2.54. The summed E-state index contributed by atoms with van der Waals surface area (Å²) < 4.78 is 4.72. The Kier molecular flexibility index (Phi) is 5.46. The molecule has 24 heavy (non-hydrogen) atoms. The number of hydrogen-bond acceptors (Lipinski definition) is 7. The van der Waals surface area contributed by atoms with Crippen LogP contribution in [-0.2, 0) is 4.74 Å². The number of Topliss-reactive ketones (excluding diaryl/α,β-unsaturated/α-hetero) is 1. The number of ether oxygens (including phenoxy) is 1. The smallest absolute Gasteiger partial charge is 0.340 e. The largest absolute Gasteiger partial charge is 0.465 e. The minimum absolute atomic E-state index is 0.0343. The molecule has 1 aliphatic carbocycles. The summed E-state index contributed by atoms with van der Waals surface area (Å²) in [5, 5.41) is 11.7. The first-order valence-electron chi connectivity index (χ1n) is 7.67. The van der Waals surface area contributed by atoms with Crippen molar-refractivity contribution in [3.63, 3.8) is 0 Å². The molecule has 1 aromatic rings. The number of ketones is 2. The van der Waals surface area contributed by atoms with Gasteiger partial charge in [-0.15, -0.1) is 0 Å². The topological polar surface area (TPSA) is 106 Å². The Morgan fingerprint density at radius 3 is 2.54 bits per heavy atom. The summed E-state index contributed by atoms with van der Waals surface area (Å²) in [7, 11) is 1.22. The van der Waals surface area contributed by atoms with E-state index in [-0.39, 0.29) is 34.8 Å². The highest BCUT2D eigenvalue weighted by atomic mass is 16.5. The van der Waals surface area contributed by atoms with Gasteiger partial charge in [-0.05, 0) is 26.7 Å². The SMILES string of the molecule is COC(=O)c1c(C)nc(C)c2c1C(=O)C=C(NCCCCO)C2=O. The molecule has 0 amide bonds. The van der Waals surface area contributed by atoms with Crippen LogP contribution in [0, 0.1) is 13.8 Å². The van der Waals surface area contributed by atoms with Gasteiger partial charge in [0.1, 0.15) is 0 Å². The first kappa shape index (κ1) is 17.8. The molecule has 128 valence electrons. The van der Waals surface area contributed by atoms with Crippen LogP contribution < -0.4 is 5.32 Å². The van der Waals surface area contributed by atoms with E-state index in [1.54, 1.807) is 13.8 Å². The molecule has 2 N–H and O–H groups in total. The van der Waals surface area contributed by atoms with Gasteiger partial charge in [-0.2, -0.15) is 0 Å². The van der Waals surface area contributed by atoms with Crippen LogP contribution in [0.3, 0.4) is 0 Å². The number of nitrogens with one attached hydrogen (secondary N) is 1. The lowest BCUT2D eigenvalue weighted by molar-refractivity contribution is 0.0596. The van der Waals surface area contributed by atoms with E-state index in [0.717, 1.165) is 0 Å². The van der Waals surface area contributed by atoms with Crippen molar-refractivity contribution in [2.24, 2.45) is 0 Å². The van der Waals surface area contributed by atoms with Crippen LogP contribution in [0.4, 0.5) is 0 Å². The summed E-state index contributed by atoms with van der Waals surface area (Å²) in [4.78, 5) is 41.5. The van der Waals surface area contributed by atoms with Gasteiger partial charge >= 0.3 is 5.97 Å². The third-order valence-electron chi connectivity index (χ3n) is 3.84. The molecule has 0 atom stereocenters. The van der Waals surface area contributed by atoms with Crippen LogP contribution in [0.5, 0.6) is 0 Å². The molecule has 0 spiro atoms. The van der Waals surface area contributed by atoms with Crippen LogP contribution in [-0.4, -0.2) is 47.9 Å². The maximum atomic E-state index is 12.7. The third-order valence-corrected chi connectivity index (χ3v) is 3.84. The zero-order valence-corrected chi connectivity index (χ0v) is 13.9. The molecule has 0 unspecified atom stereocenters. The minimum Gasteiger partial charge on any atom is -0.465 e. The van der Waals surface area contributed by atoms with Crippen molar-refractivity contribution in [2.75, 3.05) is 20.3 Å². The zero-order valence-electron chi connectivity index (χ0n) is 13.9. The Balaban J connectivity index is 2.45. The monoisotopic (exact) mass is 332 g/mol. The Bertz CT molecular complexity index is 737. The van der Waals surface area contributed by atoms with Crippen molar-refractivity contribution in [2.45, 2.75) is 26.7 Å². The Morgan fingerprint density at radius 1 is 1.21 bits per heavy atom. The highest BCUT2D eigenvalue weighted by Crippen LogP contribution is 2.28. The third kappa shape index (κ3) is 3.21. The second kappa shape index (κ2) is 7.35. The number of rotatable bonds is 6. The normalized spacial score (nSPS) is 13.4. The van der Waals surface area contributed by atoms with Crippen molar-refractivity contribution < 1.29 is 24.2 Å². The number of methoxy groups -OCH3 is 1. The number of unbranched alkanes of at least 4 members (excludes halogenated alkanes) is 1. The van der Waals surface area contributed by atoms with Gasteiger partial charge in [0.05, 0.1) is 35.2 Å². The summed E-state index contributed by atoms with van der Waals surface area (Å²) in [6, 6.07) is 0. The van der Waals surface area contributed by atoms with E-state index < -0.39 is 11.8 Å². The van der Waals surface area contributed by atoms with E-state index >= 15 is 0 Å². The number of esters is 1. The van der Waals surface area contributed by atoms with Crippen molar-refractivity contribution in [3.8, 4) is 0 Å². The van der Waals surface area contributed by atoms with Crippen molar-refractivity contribution >= 4 is 17.5 Å². The fourth-order valence-corrected chi connectivity index (χ4v) is 2.72. The number of carbonyl (C=O) groups is 3. The highest BCUT2D eigenvalue weighted by molar-refractivity contribution is 6.27. The van der Waals surface area contributed by atoms with E-state index in [4.69, 9.17) is 9.84 Å².